The van der Waals surface area contributed by atoms with Gasteiger partial charge in [-0.2, -0.15) is 0 Å². The lowest BCUT2D eigenvalue weighted by atomic mass is 9.96. The molecule has 0 radical (unpaired) electrons. The van der Waals surface area contributed by atoms with Crippen LogP contribution in [0.15, 0.2) is 30.3 Å². The zero-order chi connectivity index (χ0) is 80.7. The maximum absolute atomic E-state index is 14.2. The maximum Gasteiger partial charge on any atom is 0.245 e. The third kappa shape index (κ3) is 26.0. The van der Waals surface area contributed by atoms with Crippen LogP contribution in [0.3, 0.4) is 0 Å². The van der Waals surface area contributed by atoms with Gasteiger partial charge >= 0.3 is 0 Å². The molecule has 0 spiro atoms. The maximum atomic E-state index is 14.2. The zero-order valence-electron chi connectivity index (χ0n) is 67.4. The fourth-order valence-electron chi connectivity index (χ4n) is 12.0. The van der Waals surface area contributed by atoms with Gasteiger partial charge in [0.2, 0.25) is 82.7 Å². The lowest BCUT2D eigenvalue weighted by Gasteiger charge is -2.36. The highest BCUT2D eigenvalue weighted by Crippen LogP contribution is 2.23. The Balaban J connectivity index is 0.000000720. The number of nitrogens with zero attached hydrogens (tertiary/aromatic N) is 8. The molecule has 2 aliphatic heterocycles. The first-order valence-electron chi connectivity index (χ1n) is 36.9. The minimum Gasteiger partial charge on any atom is -0.394 e. The first-order valence-corrected chi connectivity index (χ1v) is 36.9. The molecule has 2 fully saturated rings. The van der Waals surface area contributed by atoms with E-state index < -0.39 is 180 Å². The van der Waals surface area contributed by atoms with E-state index in [0.29, 0.717) is 12.8 Å². The van der Waals surface area contributed by atoms with Crippen LogP contribution in [0.2, 0.25) is 0 Å². The van der Waals surface area contributed by atoms with Crippen LogP contribution < -0.4 is 31.9 Å². The molecule has 30 nitrogen and oxygen atoms in total. The highest BCUT2D eigenvalue weighted by atomic mass is 16.5. The molecule has 0 saturated carbocycles. The quantitative estimate of drug-likeness (QED) is 0.117. The zero-order valence-corrected chi connectivity index (χ0v) is 67.4. The summed E-state index contributed by atoms with van der Waals surface area (Å²) in [6.45, 7) is 30.7. The predicted molar refractivity (Wildman–Crippen MR) is 398 cm³/mol. The molecule has 1 aromatic rings. The van der Waals surface area contributed by atoms with Gasteiger partial charge in [0, 0.05) is 56.4 Å². The fraction of sp³-hybridized carbons (Fsp3) is 0.733. The second-order valence-electron chi connectivity index (χ2n) is 30.4. The summed E-state index contributed by atoms with van der Waals surface area (Å²) in [6.07, 6.45) is 2.03. The normalized spacial score (nSPS) is 27.6. The highest BCUT2D eigenvalue weighted by Gasteiger charge is 2.44. The summed E-state index contributed by atoms with van der Waals surface area (Å²) in [6, 6.07) is -6.03. The predicted octanol–water partition coefficient (Wildman–Crippen LogP) is 2.13. The summed E-state index contributed by atoms with van der Waals surface area (Å²) >= 11 is 0. The summed E-state index contributed by atoms with van der Waals surface area (Å²) < 4.78 is 5.89. The number of rotatable bonds is 17. The average molecular weight is 1480 g/mol. The Labute approximate surface area is 623 Å². The van der Waals surface area contributed by atoms with Crippen LogP contribution >= 0.6 is 0 Å². The summed E-state index contributed by atoms with van der Waals surface area (Å²) in [4.78, 5) is 203. The van der Waals surface area contributed by atoms with Crippen molar-refractivity contribution in [3.05, 3.63) is 35.9 Å². The Kier molecular flexibility index (Phi) is 37.8. The molecule has 16 atom stereocenters. The minimum absolute atomic E-state index is 0.0202. The van der Waals surface area contributed by atoms with Crippen LogP contribution in [0.25, 0.3) is 0 Å². The van der Waals surface area contributed by atoms with E-state index in [1.165, 1.54) is 125 Å². The van der Waals surface area contributed by atoms with Crippen molar-refractivity contribution in [1.82, 2.24) is 71.1 Å². The van der Waals surface area contributed by atoms with Gasteiger partial charge in [-0.25, -0.2) is 0 Å². The van der Waals surface area contributed by atoms with Crippen LogP contribution in [0.5, 0.6) is 0 Å². The van der Waals surface area contributed by atoms with E-state index in [2.05, 4.69) is 31.9 Å². The molecule has 3 rings (SSSR count). The molecule has 0 unspecified atom stereocenters. The number of amides is 14. The molecule has 594 valence electrons. The van der Waals surface area contributed by atoms with Crippen molar-refractivity contribution in [3.63, 3.8) is 0 Å². The van der Waals surface area contributed by atoms with Gasteiger partial charge < -0.3 is 80.9 Å². The summed E-state index contributed by atoms with van der Waals surface area (Å²) in [5.41, 5.74) is 0.842. The Morgan fingerprint density at radius 1 is 0.343 bits per heavy atom. The van der Waals surface area contributed by atoms with Gasteiger partial charge in [0.25, 0.3) is 0 Å². The van der Waals surface area contributed by atoms with Crippen LogP contribution in [0, 0.1) is 35.5 Å². The van der Waals surface area contributed by atoms with Crippen molar-refractivity contribution in [1.29, 1.82) is 0 Å². The SMILES string of the molecule is CC[C@H](C)[C@H]1NC(=O)[C@@H](CO)NC(=O)[C@@H](C)N(C)C(=O)[C@H](C)N(C)C(=O)[C@H](CC(C)C)NC(=O)[C@H](CC(C)C)N(C)C(=O)[C@H](C)N(C)C1=O.CC[C@H](C)[C@H]1NC(=O)[C@@H](COCc2ccccc2)NC(=O)[C@@H](C)N(C)C(=O)[C@H](C)N(C)C(=O)[C@H](CC(C)C)NC(=O)[C@H](CC(C)C)N(C)C(=O)[C@H](C)N(C)C1=O. The lowest BCUT2D eigenvalue weighted by Crippen LogP contribution is -2.61. The van der Waals surface area contributed by atoms with E-state index in [-0.39, 0.29) is 68.5 Å². The topological polar surface area (TPSA) is 367 Å². The number of hydrogen-bond donors (Lipinski definition) is 7. The van der Waals surface area contributed by atoms with E-state index in [4.69, 9.17) is 4.74 Å². The van der Waals surface area contributed by atoms with Crippen LogP contribution in [-0.4, -0.2) is 281 Å². The van der Waals surface area contributed by atoms with Gasteiger partial charge in [-0.05, 0) is 108 Å². The van der Waals surface area contributed by atoms with E-state index in [1.807, 2.05) is 99.6 Å². The van der Waals surface area contributed by atoms with Crippen molar-refractivity contribution in [3.8, 4) is 0 Å². The molecule has 7 N–H and O–H groups in total. The number of aliphatic hydroxyl groups excluding tert-OH is 1. The monoisotopic (exact) mass is 1480 g/mol. The molecule has 0 aromatic heterocycles. The van der Waals surface area contributed by atoms with Crippen molar-refractivity contribution >= 4 is 82.7 Å². The summed E-state index contributed by atoms with van der Waals surface area (Å²) in [5.74, 6) is -9.19. The van der Waals surface area contributed by atoms with Crippen molar-refractivity contribution < 1.29 is 77.0 Å². The molecule has 0 aliphatic carbocycles. The van der Waals surface area contributed by atoms with Gasteiger partial charge in [0.05, 0.1) is 19.8 Å². The first kappa shape index (κ1) is 92.8. The molecule has 1 aromatic carbocycles. The molecule has 2 saturated heterocycles. The molecule has 14 amide bonds. The van der Waals surface area contributed by atoms with Crippen molar-refractivity contribution in [2.45, 2.75) is 254 Å². The van der Waals surface area contributed by atoms with E-state index >= 15 is 0 Å². The third-order valence-corrected chi connectivity index (χ3v) is 20.4. The smallest absolute Gasteiger partial charge is 0.245 e. The molecular formula is C75H128N14O16. The second-order valence-corrected chi connectivity index (χ2v) is 30.4. The first-order chi connectivity index (χ1) is 48.8. The number of benzene rings is 1. The lowest BCUT2D eigenvalue weighted by molar-refractivity contribution is -0.150. The van der Waals surface area contributed by atoms with Gasteiger partial charge in [0.1, 0.15) is 84.6 Å². The largest absolute Gasteiger partial charge is 0.394 e. The number of hydrogen-bond acceptors (Lipinski definition) is 16. The second kappa shape index (κ2) is 42.8. The molecule has 2 heterocycles. The molecule has 0 bridgehead atoms. The van der Waals surface area contributed by atoms with Gasteiger partial charge in [-0.3, -0.25) is 67.1 Å². The standard InChI is InChI=1S/C41H67N7O8.C34H61N7O8/c1-14-26(6)34-41(55)47(12)29(9)39(53)48(13)33(21-25(4)5)37(51)42-31(20-24(2)3)40(54)46(11)28(8)38(52)45(10)27(7)35(49)43-32(36(50)44-34)23-56-22-30-18-16-15-17-19-30;1-14-20(6)27-34(49)40(12)23(9)32(47)41(13)26(16-19(4)5)30(45)35-24(15-18(2)3)33(48)39(11)22(8)31(46)38(10)21(7)28(43)36-25(17-42)29(44)37-27/h15-19,24-29,31-34H,14,20-23H2,1-13H3,(H,42,51)(H,43,49)(H,44,50);18-27,42H,14-17H2,1-13H3,(H,35,45)(H,36,43)(H,37,44)/t26-,27+,28-,29-,31-,32+,33-,34+;20-,21+,22-,23-,24-,25+,26-,27+/m00/s1. The Morgan fingerprint density at radius 2 is 0.629 bits per heavy atom. The summed E-state index contributed by atoms with van der Waals surface area (Å²) in [5, 5.41) is 26.4. The van der Waals surface area contributed by atoms with Crippen LogP contribution in [0.1, 0.15) is 169 Å². The van der Waals surface area contributed by atoms with Crippen molar-refractivity contribution in [2.75, 3.05) is 69.6 Å². The van der Waals surface area contributed by atoms with Gasteiger partial charge in [-0.1, -0.05) is 126 Å². The van der Waals surface area contributed by atoms with Gasteiger partial charge in [-0.15, -0.1) is 0 Å². The molecule has 105 heavy (non-hydrogen) atoms. The van der Waals surface area contributed by atoms with Crippen molar-refractivity contribution in [2.24, 2.45) is 35.5 Å². The van der Waals surface area contributed by atoms with Gasteiger partial charge in [0.15, 0.2) is 0 Å². The number of ether oxygens (including phenoxy) is 1. The highest BCUT2D eigenvalue weighted by molar-refractivity contribution is 6.01. The number of aliphatic hydroxyl groups is 1. The Bertz CT molecular complexity index is 3140. The number of nitrogens with one attached hydrogen (secondary N) is 6. The molecular weight excluding hydrogens is 1350 g/mol. The average Bonchev–Trinajstić information content (AvgIpc) is 1.59. The molecule has 2 aliphatic rings. The minimum atomic E-state index is -1.45. The molecule has 30 heteroatoms. The van der Waals surface area contributed by atoms with E-state index in [1.54, 1.807) is 20.8 Å². The summed E-state index contributed by atoms with van der Waals surface area (Å²) in [7, 11) is 11.6. The fourth-order valence-corrected chi connectivity index (χ4v) is 12.0. The van der Waals surface area contributed by atoms with E-state index in [9.17, 15) is 72.2 Å². The van der Waals surface area contributed by atoms with Crippen LogP contribution in [-0.2, 0) is 78.5 Å². The van der Waals surface area contributed by atoms with E-state index in [0.717, 1.165) is 10.5 Å². The van der Waals surface area contributed by atoms with Crippen LogP contribution in [0.4, 0.5) is 0 Å². The number of carbonyl (C=O) groups excluding carboxylic acids is 14. The third-order valence-electron chi connectivity index (χ3n) is 20.4. The Morgan fingerprint density at radius 3 is 0.943 bits per heavy atom. The number of carbonyl (C=O) groups is 14. The number of likely N-dealkylation sites (N-methyl/N-ethyl adjacent to an activating group) is 8. The Hall–Kier alpha value is -8.28.